The summed E-state index contributed by atoms with van der Waals surface area (Å²) in [6.07, 6.45) is 1.27. The van der Waals surface area contributed by atoms with Crippen LogP contribution in [-0.2, 0) is 5.41 Å². The molecule has 2 saturated heterocycles. The summed E-state index contributed by atoms with van der Waals surface area (Å²) in [6, 6.07) is 9.20. The lowest BCUT2D eigenvalue weighted by molar-refractivity contribution is 0.0707. The van der Waals surface area contributed by atoms with Crippen molar-refractivity contribution >= 4 is 11.8 Å². The predicted octanol–water partition coefficient (Wildman–Crippen LogP) is 1.84. The molecule has 2 aliphatic heterocycles. The van der Waals surface area contributed by atoms with E-state index in [0.717, 1.165) is 0 Å². The van der Waals surface area contributed by atoms with Crippen molar-refractivity contribution < 1.29 is 18.5 Å². The summed E-state index contributed by atoms with van der Waals surface area (Å²) in [5.41, 5.74) is 0.593. The molecule has 9 heteroatoms. The van der Waals surface area contributed by atoms with Crippen LogP contribution in [0.25, 0.3) is 0 Å². The molecule has 4 heterocycles. The molecule has 0 saturated carbocycles. The van der Waals surface area contributed by atoms with Gasteiger partial charge < -0.3 is 18.7 Å². The van der Waals surface area contributed by atoms with Gasteiger partial charge in [-0.3, -0.25) is 9.59 Å². The number of nitrogens with zero attached hydrogens (tertiary/aromatic N) is 5. The number of aromatic nitrogens is 3. The summed E-state index contributed by atoms with van der Waals surface area (Å²) in [5.74, 6) is 0.974. The fraction of sp³-hybridized carbons (Fsp3) is 0.381. The Kier molecular flexibility index (Phi) is 4.19. The van der Waals surface area contributed by atoms with Crippen LogP contribution in [0.15, 0.2) is 45.7 Å². The average molecular weight is 407 g/mol. The van der Waals surface area contributed by atoms with Crippen LogP contribution in [0.4, 0.5) is 0 Å². The van der Waals surface area contributed by atoms with Gasteiger partial charge in [0.1, 0.15) is 0 Å². The number of aryl methyl sites for hydroxylation is 2. The highest BCUT2D eigenvalue weighted by atomic mass is 16.5. The standard InChI is InChI=1S/C21H21N5O4/c1-13-17(29-12-22-13)19(28)26-9-16-8-25(18(27)15-6-4-3-5-7-15)10-21(16,11-26)20-23-14(2)24-30-20/h3-7,12,16H,8-11H2,1-2H3. The van der Waals surface area contributed by atoms with Gasteiger partial charge in [0.05, 0.1) is 11.1 Å². The highest BCUT2D eigenvalue weighted by Crippen LogP contribution is 2.45. The van der Waals surface area contributed by atoms with Gasteiger partial charge in [0.25, 0.3) is 11.8 Å². The van der Waals surface area contributed by atoms with Crippen LogP contribution < -0.4 is 0 Å². The van der Waals surface area contributed by atoms with E-state index in [1.165, 1.54) is 6.39 Å². The van der Waals surface area contributed by atoms with Crippen LogP contribution >= 0.6 is 0 Å². The molecule has 2 amide bonds. The molecule has 2 atom stereocenters. The van der Waals surface area contributed by atoms with E-state index in [1.54, 1.807) is 18.7 Å². The second-order valence-electron chi connectivity index (χ2n) is 8.00. The van der Waals surface area contributed by atoms with Gasteiger partial charge >= 0.3 is 0 Å². The lowest BCUT2D eigenvalue weighted by Gasteiger charge is -2.25. The molecule has 2 aliphatic rings. The zero-order valence-electron chi connectivity index (χ0n) is 16.7. The molecule has 30 heavy (non-hydrogen) atoms. The number of hydrogen-bond donors (Lipinski definition) is 0. The molecule has 2 unspecified atom stereocenters. The van der Waals surface area contributed by atoms with E-state index >= 15 is 0 Å². The second kappa shape index (κ2) is 6.79. The van der Waals surface area contributed by atoms with Crippen molar-refractivity contribution in [3.63, 3.8) is 0 Å². The van der Waals surface area contributed by atoms with E-state index < -0.39 is 5.41 Å². The first-order valence-corrected chi connectivity index (χ1v) is 9.82. The minimum Gasteiger partial charge on any atom is -0.438 e. The Bertz CT molecular complexity index is 1110. The largest absolute Gasteiger partial charge is 0.438 e. The minimum absolute atomic E-state index is 0.0165. The maximum Gasteiger partial charge on any atom is 0.291 e. The maximum absolute atomic E-state index is 13.1. The third-order valence-corrected chi connectivity index (χ3v) is 6.10. The van der Waals surface area contributed by atoms with Crippen LogP contribution in [-0.4, -0.2) is 62.9 Å². The maximum atomic E-state index is 13.1. The number of oxazole rings is 1. The highest BCUT2D eigenvalue weighted by Gasteiger charge is 2.59. The summed E-state index contributed by atoms with van der Waals surface area (Å²) in [5, 5.41) is 3.96. The number of benzene rings is 1. The Balaban J connectivity index is 1.46. The molecular formula is C21H21N5O4. The molecule has 0 bridgehead atoms. The molecule has 5 rings (SSSR count). The third kappa shape index (κ3) is 2.80. The number of fused-ring (bicyclic) bond motifs is 1. The minimum atomic E-state index is -0.602. The third-order valence-electron chi connectivity index (χ3n) is 6.10. The van der Waals surface area contributed by atoms with Gasteiger partial charge in [-0.25, -0.2) is 4.98 Å². The monoisotopic (exact) mass is 407 g/mol. The zero-order valence-corrected chi connectivity index (χ0v) is 16.7. The molecule has 3 aromatic rings. The van der Waals surface area contributed by atoms with E-state index in [0.29, 0.717) is 49.2 Å². The lowest BCUT2D eigenvalue weighted by atomic mass is 9.81. The molecule has 154 valence electrons. The summed E-state index contributed by atoms with van der Waals surface area (Å²) in [7, 11) is 0. The topological polar surface area (TPSA) is 106 Å². The Morgan fingerprint density at radius 1 is 1.07 bits per heavy atom. The number of rotatable bonds is 3. The summed E-state index contributed by atoms with van der Waals surface area (Å²) >= 11 is 0. The van der Waals surface area contributed by atoms with Gasteiger partial charge in [0.15, 0.2) is 12.2 Å². The Labute approximate surface area is 172 Å². The highest BCUT2D eigenvalue weighted by molar-refractivity contribution is 5.95. The lowest BCUT2D eigenvalue weighted by Crippen LogP contribution is -2.41. The predicted molar refractivity (Wildman–Crippen MR) is 104 cm³/mol. The molecule has 0 N–H and O–H groups in total. The SMILES string of the molecule is Cc1noc(C23CN(C(=O)c4ccccc4)CC2CN(C(=O)c2ocnc2C)C3)n1. The first-order chi connectivity index (χ1) is 14.5. The van der Waals surface area contributed by atoms with Gasteiger partial charge in [0.2, 0.25) is 11.7 Å². The normalized spacial score (nSPS) is 23.1. The first kappa shape index (κ1) is 18.5. The molecule has 1 aromatic carbocycles. The van der Waals surface area contributed by atoms with Crippen LogP contribution in [0.2, 0.25) is 0 Å². The van der Waals surface area contributed by atoms with E-state index in [9.17, 15) is 9.59 Å². The van der Waals surface area contributed by atoms with Crippen LogP contribution in [0.3, 0.4) is 0 Å². The van der Waals surface area contributed by atoms with Crippen LogP contribution in [0.1, 0.15) is 38.3 Å². The van der Waals surface area contributed by atoms with Gasteiger partial charge in [-0.2, -0.15) is 4.98 Å². The number of carbonyl (C=O) groups excluding carboxylic acids is 2. The van der Waals surface area contributed by atoms with Crippen molar-refractivity contribution in [2.24, 2.45) is 5.92 Å². The fourth-order valence-electron chi connectivity index (χ4n) is 4.59. The average Bonchev–Trinajstić information content (AvgIpc) is 3.50. The van der Waals surface area contributed by atoms with Crippen molar-refractivity contribution in [2.75, 3.05) is 26.2 Å². The number of amides is 2. The van der Waals surface area contributed by atoms with Crippen molar-refractivity contribution in [1.82, 2.24) is 24.9 Å². The Morgan fingerprint density at radius 2 is 1.77 bits per heavy atom. The van der Waals surface area contributed by atoms with Gasteiger partial charge in [0, 0.05) is 37.7 Å². The molecule has 0 aliphatic carbocycles. The number of carbonyl (C=O) groups is 2. The van der Waals surface area contributed by atoms with E-state index in [1.807, 2.05) is 35.2 Å². The fourth-order valence-corrected chi connectivity index (χ4v) is 4.59. The van der Waals surface area contributed by atoms with Crippen molar-refractivity contribution in [3.8, 4) is 0 Å². The van der Waals surface area contributed by atoms with Gasteiger partial charge in [-0.1, -0.05) is 23.4 Å². The second-order valence-corrected chi connectivity index (χ2v) is 8.00. The smallest absolute Gasteiger partial charge is 0.291 e. The van der Waals surface area contributed by atoms with Crippen LogP contribution in [0.5, 0.6) is 0 Å². The van der Waals surface area contributed by atoms with Gasteiger partial charge in [-0.15, -0.1) is 0 Å². The zero-order chi connectivity index (χ0) is 20.9. The first-order valence-electron chi connectivity index (χ1n) is 9.82. The molecule has 9 nitrogen and oxygen atoms in total. The van der Waals surface area contributed by atoms with E-state index in [4.69, 9.17) is 8.94 Å². The molecule has 0 spiro atoms. The van der Waals surface area contributed by atoms with Gasteiger partial charge in [-0.05, 0) is 26.0 Å². The summed E-state index contributed by atoms with van der Waals surface area (Å²) in [4.78, 5) is 38.1. The van der Waals surface area contributed by atoms with E-state index in [-0.39, 0.29) is 23.5 Å². The number of hydrogen-bond acceptors (Lipinski definition) is 7. The Morgan fingerprint density at radius 3 is 2.37 bits per heavy atom. The van der Waals surface area contributed by atoms with E-state index in [2.05, 4.69) is 15.1 Å². The Hall–Kier alpha value is -3.49. The molecule has 0 radical (unpaired) electrons. The molecule has 2 fully saturated rings. The van der Waals surface area contributed by atoms with Crippen molar-refractivity contribution in [2.45, 2.75) is 19.3 Å². The molecular weight excluding hydrogens is 386 g/mol. The van der Waals surface area contributed by atoms with Crippen molar-refractivity contribution in [3.05, 3.63) is 65.5 Å². The quantitative estimate of drug-likeness (QED) is 0.652. The summed E-state index contributed by atoms with van der Waals surface area (Å²) in [6.45, 7) is 5.26. The number of likely N-dealkylation sites (tertiary alicyclic amines) is 2. The van der Waals surface area contributed by atoms with Crippen LogP contribution in [0, 0.1) is 19.8 Å². The molecule has 2 aromatic heterocycles. The summed E-state index contributed by atoms with van der Waals surface area (Å²) < 4.78 is 10.9. The van der Waals surface area contributed by atoms with Crippen molar-refractivity contribution in [1.29, 1.82) is 0 Å².